The van der Waals surface area contributed by atoms with E-state index in [4.69, 9.17) is 17.4 Å². The lowest BCUT2D eigenvalue weighted by Crippen LogP contribution is -2.38. The second kappa shape index (κ2) is 6.89. The lowest BCUT2D eigenvalue weighted by Gasteiger charge is -2.18. The van der Waals surface area contributed by atoms with Crippen LogP contribution in [-0.4, -0.2) is 6.04 Å². The highest BCUT2D eigenvalue weighted by Gasteiger charge is 2.10. The van der Waals surface area contributed by atoms with Crippen LogP contribution >= 0.6 is 11.6 Å². The first-order valence-electron chi connectivity index (χ1n) is 6.85. The molecule has 0 aromatic heterocycles. The van der Waals surface area contributed by atoms with Gasteiger partial charge in [0.2, 0.25) is 0 Å². The van der Waals surface area contributed by atoms with Gasteiger partial charge < -0.3 is 0 Å². The second-order valence-corrected chi connectivity index (χ2v) is 5.76. The minimum absolute atomic E-state index is 0.219. The number of benzene rings is 2. The van der Waals surface area contributed by atoms with Gasteiger partial charge >= 0.3 is 0 Å². The van der Waals surface area contributed by atoms with Crippen LogP contribution in [0.3, 0.4) is 0 Å². The number of nitrogens with one attached hydrogen (secondary N) is 1. The van der Waals surface area contributed by atoms with Crippen molar-refractivity contribution in [3.05, 3.63) is 69.7 Å². The van der Waals surface area contributed by atoms with Gasteiger partial charge in [-0.25, -0.2) is 0 Å². The molecule has 2 aromatic rings. The van der Waals surface area contributed by atoms with Crippen molar-refractivity contribution in [1.82, 2.24) is 5.43 Å². The Morgan fingerprint density at radius 2 is 1.75 bits per heavy atom. The lowest BCUT2D eigenvalue weighted by atomic mass is 9.95. The van der Waals surface area contributed by atoms with E-state index in [2.05, 4.69) is 49.6 Å². The normalized spacial score (nSPS) is 12.4. The van der Waals surface area contributed by atoms with E-state index in [1.807, 2.05) is 12.1 Å². The highest BCUT2D eigenvalue weighted by molar-refractivity contribution is 6.30. The Bertz CT molecular complexity index is 564. The van der Waals surface area contributed by atoms with Crippen molar-refractivity contribution in [2.45, 2.75) is 32.7 Å². The van der Waals surface area contributed by atoms with Gasteiger partial charge in [-0.05, 0) is 55.5 Å². The summed E-state index contributed by atoms with van der Waals surface area (Å²) in [5.41, 5.74) is 8.11. The molecule has 0 saturated heterocycles. The maximum absolute atomic E-state index is 5.91. The molecule has 3 heteroatoms. The summed E-state index contributed by atoms with van der Waals surface area (Å²) in [6.45, 7) is 4.26. The molecule has 106 valence electrons. The fourth-order valence-corrected chi connectivity index (χ4v) is 2.51. The maximum Gasteiger partial charge on any atom is 0.0406 e. The van der Waals surface area contributed by atoms with Crippen molar-refractivity contribution in [2.75, 3.05) is 0 Å². The van der Waals surface area contributed by atoms with E-state index in [1.54, 1.807) is 0 Å². The zero-order chi connectivity index (χ0) is 14.5. The van der Waals surface area contributed by atoms with Crippen LogP contribution in [0.15, 0.2) is 42.5 Å². The molecule has 0 spiro atoms. The van der Waals surface area contributed by atoms with Gasteiger partial charge in [0.15, 0.2) is 0 Å². The molecule has 1 unspecified atom stereocenters. The minimum Gasteiger partial charge on any atom is -0.271 e. The Labute approximate surface area is 125 Å². The standard InChI is InChI=1S/C17H21ClN2/c1-12-3-4-13(2)15(9-12)11-17(20-19)10-14-5-7-16(18)8-6-14/h3-9,17,20H,10-11,19H2,1-2H3. The van der Waals surface area contributed by atoms with Crippen LogP contribution in [0.25, 0.3) is 0 Å². The second-order valence-electron chi connectivity index (χ2n) is 5.33. The van der Waals surface area contributed by atoms with Crippen LogP contribution in [-0.2, 0) is 12.8 Å². The average Bonchev–Trinajstić information content (AvgIpc) is 2.44. The predicted octanol–water partition coefficient (Wildman–Crippen LogP) is 3.57. The van der Waals surface area contributed by atoms with E-state index in [1.165, 1.54) is 22.3 Å². The Morgan fingerprint density at radius 1 is 1.05 bits per heavy atom. The van der Waals surface area contributed by atoms with E-state index < -0.39 is 0 Å². The van der Waals surface area contributed by atoms with Gasteiger partial charge in [0.05, 0.1) is 0 Å². The number of halogens is 1. The Balaban J connectivity index is 2.08. The number of hydrazine groups is 1. The molecule has 0 aliphatic rings. The molecule has 0 radical (unpaired) electrons. The molecule has 2 rings (SSSR count). The quantitative estimate of drug-likeness (QED) is 0.652. The third kappa shape index (κ3) is 4.07. The molecule has 0 aliphatic heterocycles. The predicted molar refractivity (Wildman–Crippen MR) is 85.9 cm³/mol. The first-order chi connectivity index (χ1) is 9.58. The van der Waals surface area contributed by atoms with Crippen LogP contribution in [0.1, 0.15) is 22.3 Å². The fourth-order valence-electron chi connectivity index (χ4n) is 2.38. The third-order valence-corrected chi connectivity index (χ3v) is 3.85. The van der Waals surface area contributed by atoms with Gasteiger partial charge in [0, 0.05) is 11.1 Å². The van der Waals surface area contributed by atoms with Crippen LogP contribution in [0.4, 0.5) is 0 Å². The average molecular weight is 289 g/mol. The van der Waals surface area contributed by atoms with Crippen molar-refractivity contribution in [3.63, 3.8) is 0 Å². The summed E-state index contributed by atoms with van der Waals surface area (Å²) in [5, 5.41) is 0.764. The minimum atomic E-state index is 0.219. The SMILES string of the molecule is Cc1ccc(C)c(CC(Cc2ccc(Cl)cc2)NN)c1. The molecule has 2 aromatic carbocycles. The van der Waals surface area contributed by atoms with Gasteiger partial charge in [-0.15, -0.1) is 0 Å². The highest BCUT2D eigenvalue weighted by atomic mass is 35.5. The molecule has 3 N–H and O–H groups in total. The van der Waals surface area contributed by atoms with Gasteiger partial charge in [0.25, 0.3) is 0 Å². The van der Waals surface area contributed by atoms with Crippen LogP contribution in [0.5, 0.6) is 0 Å². The number of nitrogens with two attached hydrogens (primary N) is 1. The molecule has 0 aliphatic carbocycles. The summed E-state index contributed by atoms with van der Waals surface area (Å²) in [7, 11) is 0. The van der Waals surface area contributed by atoms with Crippen molar-refractivity contribution in [3.8, 4) is 0 Å². The van der Waals surface area contributed by atoms with Crippen LogP contribution < -0.4 is 11.3 Å². The molecule has 20 heavy (non-hydrogen) atoms. The van der Waals surface area contributed by atoms with E-state index in [9.17, 15) is 0 Å². The van der Waals surface area contributed by atoms with Gasteiger partial charge in [0.1, 0.15) is 0 Å². The van der Waals surface area contributed by atoms with E-state index in [0.717, 1.165) is 17.9 Å². The summed E-state index contributed by atoms with van der Waals surface area (Å²) in [5.74, 6) is 5.71. The van der Waals surface area contributed by atoms with Crippen molar-refractivity contribution < 1.29 is 0 Å². The van der Waals surface area contributed by atoms with E-state index >= 15 is 0 Å². The molecule has 0 saturated carbocycles. The molecule has 0 bridgehead atoms. The highest BCUT2D eigenvalue weighted by Crippen LogP contribution is 2.16. The third-order valence-electron chi connectivity index (χ3n) is 3.60. The summed E-state index contributed by atoms with van der Waals surface area (Å²) < 4.78 is 0. The Hall–Kier alpha value is -1.35. The number of aryl methyl sites for hydroxylation is 2. The summed E-state index contributed by atoms with van der Waals surface area (Å²) in [6.07, 6.45) is 1.81. The summed E-state index contributed by atoms with van der Waals surface area (Å²) in [4.78, 5) is 0. The van der Waals surface area contributed by atoms with E-state index in [-0.39, 0.29) is 6.04 Å². The van der Waals surface area contributed by atoms with Crippen molar-refractivity contribution in [1.29, 1.82) is 0 Å². The van der Waals surface area contributed by atoms with Crippen molar-refractivity contribution >= 4 is 11.6 Å². The monoisotopic (exact) mass is 288 g/mol. The number of hydrogen-bond donors (Lipinski definition) is 2. The van der Waals surface area contributed by atoms with Crippen LogP contribution in [0.2, 0.25) is 5.02 Å². The van der Waals surface area contributed by atoms with Crippen molar-refractivity contribution in [2.24, 2.45) is 5.84 Å². The summed E-state index contributed by atoms with van der Waals surface area (Å²) in [6, 6.07) is 14.7. The molecular formula is C17H21ClN2. The van der Waals surface area contributed by atoms with Crippen LogP contribution in [0, 0.1) is 13.8 Å². The maximum atomic E-state index is 5.91. The van der Waals surface area contributed by atoms with Gasteiger partial charge in [-0.3, -0.25) is 11.3 Å². The Kier molecular flexibility index (Phi) is 5.18. The lowest BCUT2D eigenvalue weighted by molar-refractivity contribution is 0.521. The number of rotatable bonds is 5. The fraction of sp³-hybridized carbons (Fsp3) is 0.294. The molecule has 0 heterocycles. The molecule has 0 amide bonds. The molecule has 0 fully saturated rings. The smallest absolute Gasteiger partial charge is 0.0406 e. The molecule has 1 atom stereocenters. The Morgan fingerprint density at radius 3 is 2.40 bits per heavy atom. The number of hydrogen-bond acceptors (Lipinski definition) is 2. The van der Waals surface area contributed by atoms with Gasteiger partial charge in [-0.1, -0.05) is 47.5 Å². The first-order valence-corrected chi connectivity index (χ1v) is 7.23. The topological polar surface area (TPSA) is 38.0 Å². The largest absolute Gasteiger partial charge is 0.271 e. The first kappa shape index (κ1) is 15.0. The van der Waals surface area contributed by atoms with Gasteiger partial charge in [-0.2, -0.15) is 0 Å². The molecule has 2 nitrogen and oxygen atoms in total. The molecular weight excluding hydrogens is 268 g/mol. The zero-order valence-electron chi connectivity index (χ0n) is 12.0. The summed E-state index contributed by atoms with van der Waals surface area (Å²) >= 11 is 5.91. The van der Waals surface area contributed by atoms with E-state index in [0.29, 0.717) is 0 Å². The zero-order valence-corrected chi connectivity index (χ0v) is 12.7.